The first-order valence-electron chi connectivity index (χ1n) is 6.21. The lowest BCUT2D eigenvalue weighted by Crippen LogP contribution is -2.42. The molecular weight excluding hydrogens is 258 g/mol. The van der Waals surface area contributed by atoms with Crippen molar-refractivity contribution in [2.24, 2.45) is 0 Å². The summed E-state index contributed by atoms with van der Waals surface area (Å²) in [5, 5.41) is 0. The molecule has 1 aromatic rings. The summed E-state index contributed by atoms with van der Waals surface area (Å²) in [4.78, 5) is 24.9. The fourth-order valence-electron chi connectivity index (χ4n) is 1.75. The molecule has 0 fully saturated rings. The van der Waals surface area contributed by atoms with Crippen LogP contribution in [-0.2, 0) is 9.53 Å². The van der Waals surface area contributed by atoms with Crippen molar-refractivity contribution in [2.75, 3.05) is 18.2 Å². The third-order valence-electron chi connectivity index (χ3n) is 2.61. The molecule has 0 spiro atoms. The third-order valence-corrected chi connectivity index (χ3v) is 3.88. The van der Waals surface area contributed by atoms with Crippen LogP contribution in [-0.4, -0.2) is 33.2 Å². The summed E-state index contributed by atoms with van der Waals surface area (Å²) in [6, 6.07) is 6.93. The van der Waals surface area contributed by atoms with Gasteiger partial charge in [0.25, 0.3) is 0 Å². The fourth-order valence-corrected chi connectivity index (χ4v) is 3.11. The summed E-state index contributed by atoms with van der Waals surface area (Å²) >= 11 is 0. The Bertz CT molecular complexity index is 463. The van der Waals surface area contributed by atoms with Crippen molar-refractivity contribution in [1.82, 2.24) is 0 Å². The first-order valence-corrected chi connectivity index (χ1v) is 9.92. The standard InChI is InChI=1S/C14H21NO3Si/c1-11(16)15(10-19(3,4)5)13-8-6-12(7-9-13)14(17)18-2/h6-9H,10H2,1-5H3. The molecule has 0 saturated carbocycles. The highest BCUT2D eigenvalue weighted by Gasteiger charge is 2.21. The minimum absolute atomic E-state index is 0.0215. The van der Waals surface area contributed by atoms with Gasteiger partial charge in [-0.1, -0.05) is 19.6 Å². The Balaban J connectivity index is 2.98. The predicted octanol–water partition coefficient (Wildman–Crippen LogP) is 2.70. The number of ether oxygens (including phenoxy) is 1. The number of carbonyl (C=O) groups excluding carboxylic acids is 2. The number of rotatable bonds is 4. The van der Waals surface area contributed by atoms with Crippen LogP contribution >= 0.6 is 0 Å². The number of esters is 1. The van der Waals surface area contributed by atoms with Crippen LogP contribution in [0, 0.1) is 0 Å². The van der Waals surface area contributed by atoms with Crippen LogP contribution in [0.5, 0.6) is 0 Å². The molecule has 0 atom stereocenters. The Kier molecular flexibility index (Phi) is 4.88. The number of hydrogen-bond acceptors (Lipinski definition) is 3. The van der Waals surface area contributed by atoms with E-state index in [4.69, 9.17) is 0 Å². The van der Waals surface area contributed by atoms with Crippen molar-refractivity contribution < 1.29 is 14.3 Å². The van der Waals surface area contributed by atoms with Gasteiger partial charge < -0.3 is 9.64 Å². The molecule has 104 valence electrons. The molecule has 0 aromatic heterocycles. The van der Waals surface area contributed by atoms with E-state index < -0.39 is 8.07 Å². The van der Waals surface area contributed by atoms with Crippen molar-refractivity contribution in [3.05, 3.63) is 29.8 Å². The van der Waals surface area contributed by atoms with Crippen LogP contribution in [0.25, 0.3) is 0 Å². The number of carbonyl (C=O) groups is 2. The Labute approximate surface area is 115 Å². The average Bonchev–Trinajstić information content (AvgIpc) is 2.34. The number of nitrogens with zero attached hydrogens (tertiary/aromatic N) is 1. The molecule has 0 radical (unpaired) electrons. The van der Waals surface area contributed by atoms with Gasteiger partial charge in [-0.15, -0.1) is 0 Å². The van der Waals surface area contributed by atoms with Gasteiger partial charge in [0.2, 0.25) is 5.91 Å². The highest BCUT2D eigenvalue weighted by atomic mass is 28.3. The van der Waals surface area contributed by atoms with E-state index >= 15 is 0 Å². The van der Waals surface area contributed by atoms with Gasteiger partial charge in [-0.25, -0.2) is 4.79 Å². The summed E-state index contributed by atoms with van der Waals surface area (Å²) in [5.74, 6) is -0.348. The van der Waals surface area contributed by atoms with Crippen LogP contribution in [0.2, 0.25) is 19.6 Å². The van der Waals surface area contributed by atoms with Gasteiger partial charge in [-0.2, -0.15) is 0 Å². The largest absolute Gasteiger partial charge is 0.465 e. The maximum absolute atomic E-state index is 11.8. The smallest absolute Gasteiger partial charge is 0.337 e. The van der Waals surface area contributed by atoms with E-state index in [1.54, 1.807) is 36.1 Å². The molecule has 0 bridgehead atoms. The average molecular weight is 279 g/mol. The van der Waals surface area contributed by atoms with E-state index in [1.807, 2.05) is 0 Å². The molecule has 5 heteroatoms. The Hall–Kier alpha value is -1.62. The number of hydrogen-bond donors (Lipinski definition) is 0. The van der Waals surface area contributed by atoms with Gasteiger partial charge in [0.05, 0.1) is 20.7 Å². The zero-order valence-corrected chi connectivity index (χ0v) is 13.2. The lowest BCUT2D eigenvalue weighted by atomic mass is 10.2. The molecule has 1 rings (SSSR count). The highest BCUT2D eigenvalue weighted by Crippen LogP contribution is 2.18. The van der Waals surface area contributed by atoms with Gasteiger partial charge in [0.15, 0.2) is 0 Å². The van der Waals surface area contributed by atoms with Crippen molar-refractivity contribution in [3.63, 3.8) is 0 Å². The van der Waals surface area contributed by atoms with Crippen LogP contribution in [0.15, 0.2) is 24.3 Å². The second kappa shape index (κ2) is 6.01. The highest BCUT2D eigenvalue weighted by molar-refractivity contribution is 6.77. The summed E-state index contributed by atoms with van der Waals surface area (Å²) in [6.07, 6.45) is 0.764. The zero-order valence-electron chi connectivity index (χ0n) is 12.2. The van der Waals surface area contributed by atoms with E-state index in [9.17, 15) is 9.59 Å². The lowest BCUT2D eigenvalue weighted by molar-refractivity contribution is -0.116. The molecule has 0 aliphatic carbocycles. The first kappa shape index (κ1) is 15.4. The minimum Gasteiger partial charge on any atom is -0.465 e. The maximum atomic E-state index is 11.8. The Morgan fingerprint density at radius 1 is 1.16 bits per heavy atom. The normalized spacial score (nSPS) is 11.0. The quantitative estimate of drug-likeness (QED) is 0.629. The van der Waals surface area contributed by atoms with Gasteiger partial charge in [0.1, 0.15) is 0 Å². The Morgan fingerprint density at radius 3 is 2.05 bits per heavy atom. The number of anilines is 1. The molecule has 0 aliphatic heterocycles. The second-order valence-corrected chi connectivity index (χ2v) is 11.1. The first-order chi connectivity index (χ1) is 8.74. The number of amides is 1. The van der Waals surface area contributed by atoms with Crippen LogP contribution < -0.4 is 4.90 Å². The molecule has 0 N–H and O–H groups in total. The van der Waals surface area contributed by atoms with Gasteiger partial charge >= 0.3 is 5.97 Å². The van der Waals surface area contributed by atoms with E-state index in [0.717, 1.165) is 11.9 Å². The van der Waals surface area contributed by atoms with E-state index in [1.165, 1.54) is 7.11 Å². The molecular formula is C14H21NO3Si. The molecule has 1 aromatic carbocycles. The fraction of sp³-hybridized carbons (Fsp3) is 0.429. The Morgan fingerprint density at radius 2 is 1.68 bits per heavy atom. The predicted molar refractivity (Wildman–Crippen MR) is 79.2 cm³/mol. The number of methoxy groups -OCH3 is 1. The van der Waals surface area contributed by atoms with E-state index in [2.05, 4.69) is 24.4 Å². The summed E-state index contributed by atoms with van der Waals surface area (Å²) in [7, 11) is -0.0442. The van der Waals surface area contributed by atoms with E-state index in [-0.39, 0.29) is 11.9 Å². The van der Waals surface area contributed by atoms with Crippen LogP contribution in [0.1, 0.15) is 17.3 Å². The summed E-state index contributed by atoms with van der Waals surface area (Å²) in [5.41, 5.74) is 1.31. The van der Waals surface area contributed by atoms with Crippen LogP contribution in [0.3, 0.4) is 0 Å². The monoisotopic (exact) mass is 279 g/mol. The summed E-state index contributed by atoms with van der Waals surface area (Å²) in [6.45, 7) is 8.21. The third kappa shape index (κ3) is 4.52. The minimum atomic E-state index is -1.39. The molecule has 4 nitrogen and oxygen atoms in total. The molecule has 0 saturated heterocycles. The molecule has 0 aliphatic rings. The van der Waals surface area contributed by atoms with Gasteiger partial charge in [-0.3, -0.25) is 4.79 Å². The maximum Gasteiger partial charge on any atom is 0.337 e. The molecule has 0 unspecified atom stereocenters. The van der Waals surface area contributed by atoms with E-state index in [0.29, 0.717) is 5.56 Å². The van der Waals surface area contributed by atoms with Gasteiger partial charge in [0, 0.05) is 18.8 Å². The zero-order chi connectivity index (χ0) is 14.6. The summed E-state index contributed by atoms with van der Waals surface area (Å²) < 4.78 is 4.65. The van der Waals surface area contributed by atoms with Gasteiger partial charge in [-0.05, 0) is 24.3 Å². The molecule has 0 heterocycles. The van der Waals surface area contributed by atoms with Crippen molar-refractivity contribution >= 4 is 25.6 Å². The molecule has 19 heavy (non-hydrogen) atoms. The van der Waals surface area contributed by atoms with Crippen LogP contribution in [0.4, 0.5) is 5.69 Å². The lowest BCUT2D eigenvalue weighted by Gasteiger charge is -2.28. The second-order valence-electron chi connectivity index (χ2n) is 5.70. The molecule has 1 amide bonds. The number of benzene rings is 1. The van der Waals surface area contributed by atoms with Crippen molar-refractivity contribution in [3.8, 4) is 0 Å². The topological polar surface area (TPSA) is 46.6 Å². The van der Waals surface area contributed by atoms with Crippen molar-refractivity contribution in [2.45, 2.75) is 26.6 Å². The SMILES string of the molecule is COC(=O)c1ccc(N(C[Si](C)(C)C)C(C)=O)cc1. The van der Waals surface area contributed by atoms with Crippen molar-refractivity contribution in [1.29, 1.82) is 0 Å².